The molecular formula is C44H46ClF5N7O3PS2. The lowest BCUT2D eigenvalue weighted by atomic mass is 9.93. The van der Waals surface area contributed by atoms with Crippen LogP contribution in [0.25, 0.3) is 22.0 Å². The molecule has 1 amide bonds. The normalized spacial score (nSPS) is 21.3. The number of hydrogen-bond donors (Lipinski definition) is 3. The highest BCUT2D eigenvalue weighted by Gasteiger charge is 2.49. The number of amides is 1. The third kappa shape index (κ3) is 10.3. The number of nitrogens with zero attached hydrogens (tertiary/aromatic N) is 4. The van der Waals surface area contributed by atoms with Crippen LogP contribution in [0.1, 0.15) is 81.9 Å². The van der Waals surface area contributed by atoms with Gasteiger partial charge >= 0.3 is 0 Å². The number of ether oxygens (including phenoxy) is 1. The molecular weight excluding hydrogens is 900 g/mol. The summed E-state index contributed by atoms with van der Waals surface area (Å²) in [6.07, 6.45) is -0.138. The molecule has 3 aliphatic carbocycles. The third-order valence-corrected chi connectivity index (χ3v) is 14.8. The van der Waals surface area contributed by atoms with Crippen LogP contribution in [0.5, 0.6) is 0 Å². The highest BCUT2D eigenvalue weighted by atomic mass is 35.5. The molecule has 10 nitrogen and oxygen atoms in total. The maximum absolute atomic E-state index is 15.3. The largest absolute Gasteiger partial charge is 0.593 e. The molecule has 4 atom stereocenters. The van der Waals surface area contributed by atoms with Gasteiger partial charge in [0.15, 0.2) is 0 Å². The van der Waals surface area contributed by atoms with Crippen LogP contribution in [-0.2, 0) is 27.3 Å². The van der Waals surface area contributed by atoms with Crippen molar-refractivity contribution in [2.75, 3.05) is 24.5 Å². The number of aromatic nitrogens is 3. The first kappa shape index (κ1) is 45.7. The standard InChI is InChI=1S/C44H46ClF5N7O3PS2/c1-22-18-44(49,50)40(35(22)37(51)41(47)48)52-19-34(58)54-33(16-23-14-24(46)17-27(61)15-23)38-30(9-4-25(53-38)12-13-43(2,3)62-28-5-6-28)31-10-11-32(45)36-39(31)57(26-20-60-21-26)55-42(36)56-63(59)29-7-8-29/h4,9-11,14-15,17,22,26,28-29,33,41H,5-8,16,18-21,51,61H2,1-3H3,(H,54,58)(H,55,56)/t22-,33?,63?/m0/s1. The number of hydrogen-bond acceptors (Lipinski definition) is 9. The lowest BCUT2D eigenvalue weighted by molar-refractivity contribution is -0.120. The summed E-state index contributed by atoms with van der Waals surface area (Å²) in [6, 6.07) is 10.2. The van der Waals surface area contributed by atoms with Crippen LogP contribution < -0.4 is 21.1 Å². The number of thioether (sulfide) groups is 1. The van der Waals surface area contributed by atoms with Gasteiger partial charge in [0.25, 0.3) is 12.3 Å². The number of benzene rings is 2. The smallest absolute Gasteiger partial charge is 0.290 e. The fourth-order valence-corrected chi connectivity index (χ4v) is 10.9. The van der Waals surface area contributed by atoms with E-state index in [2.05, 4.69) is 36.1 Å². The number of allylic oxidation sites excluding steroid dienone is 2. The summed E-state index contributed by atoms with van der Waals surface area (Å²) in [5.74, 6) is 0.904. The predicted molar refractivity (Wildman–Crippen MR) is 243 cm³/mol. The molecule has 19 heteroatoms. The van der Waals surface area contributed by atoms with Gasteiger partial charge in [-0.05, 0) is 86.1 Å². The van der Waals surface area contributed by atoms with Crippen molar-refractivity contribution in [1.82, 2.24) is 20.1 Å². The SMILES string of the molecule is C[C@H]1CC(F)(F)C(=NCC(=O)NC(Cc2cc(F)cc(P)c2)c2nc(C#CC(C)(C)SC3CC3)ccc2-c2ccc(Cl)c3c(N[S+]([O-])C4CC4)nn(C4COC4)c23)C1=C(N)C(F)F. The Labute approximate surface area is 376 Å². The van der Waals surface area contributed by atoms with Gasteiger partial charge in [0.05, 0.1) is 68.7 Å². The zero-order valence-corrected chi connectivity index (χ0v) is 38.2. The van der Waals surface area contributed by atoms with Gasteiger partial charge < -0.3 is 20.3 Å². The van der Waals surface area contributed by atoms with Gasteiger partial charge in [0.2, 0.25) is 11.7 Å². The number of aliphatic imine (C=N–C) groups is 1. The van der Waals surface area contributed by atoms with Crippen molar-refractivity contribution in [3.05, 3.63) is 81.5 Å². The molecule has 1 saturated heterocycles. The van der Waals surface area contributed by atoms with Gasteiger partial charge in [0.1, 0.15) is 29.0 Å². The number of rotatable bonds is 14. The van der Waals surface area contributed by atoms with Crippen LogP contribution in [-0.4, -0.2) is 78.3 Å². The molecule has 0 spiro atoms. The Balaban J connectivity index is 1.27. The fourth-order valence-electron chi connectivity index (χ4n) is 7.89. The average molecular weight is 946 g/mol. The molecule has 1 aliphatic heterocycles. The summed E-state index contributed by atoms with van der Waals surface area (Å²) in [7, 11) is 2.45. The second-order valence-electron chi connectivity index (χ2n) is 17.0. The minimum atomic E-state index is -3.61. The van der Waals surface area contributed by atoms with E-state index in [0.29, 0.717) is 73.6 Å². The number of anilines is 1. The Morgan fingerprint density at radius 2 is 1.90 bits per heavy atom. The Hall–Kier alpha value is -3.91. The quantitative estimate of drug-likeness (QED) is 0.0497. The second-order valence-corrected chi connectivity index (χ2v) is 21.4. The van der Waals surface area contributed by atoms with Crippen molar-refractivity contribution in [1.29, 1.82) is 0 Å². The molecule has 4 aromatic rings. The molecule has 3 heterocycles. The van der Waals surface area contributed by atoms with E-state index in [9.17, 15) is 22.5 Å². The van der Waals surface area contributed by atoms with Crippen LogP contribution in [0, 0.1) is 23.6 Å². The van der Waals surface area contributed by atoms with E-state index in [-0.39, 0.29) is 17.7 Å². The van der Waals surface area contributed by atoms with Crippen molar-refractivity contribution in [2.24, 2.45) is 16.6 Å². The molecule has 2 aromatic heterocycles. The topological polar surface area (TPSA) is 143 Å². The summed E-state index contributed by atoms with van der Waals surface area (Å²) in [5.41, 5.74) is 5.99. The third-order valence-electron chi connectivity index (χ3n) is 11.2. The molecule has 2 aromatic carbocycles. The second kappa shape index (κ2) is 18.2. The summed E-state index contributed by atoms with van der Waals surface area (Å²) >= 11 is 7.30. The van der Waals surface area contributed by atoms with E-state index in [4.69, 9.17) is 32.2 Å². The number of alkyl halides is 4. The molecule has 3 unspecified atom stereocenters. The maximum atomic E-state index is 15.3. The number of carbonyl (C=O) groups is 1. The van der Waals surface area contributed by atoms with Gasteiger partial charge in [-0.15, -0.1) is 26.1 Å². The Bertz CT molecular complexity index is 2550. The Morgan fingerprint density at radius 1 is 1.17 bits per heavy atom. The minimum absolute atomic E-state index is 0.0109. The molecule has 3 saturated carbocycles. The lowest BCUT2D eigenvalue weighted by Crippen LogP contribution is -2.34. The number of fused-ring (bicyclic) bond motifs is 1. The average Bonchev–Trinajstić information content (AvgIpc) is 4.12. The highest BCUT2D eigenvalue weighted by Crippen LogP contribution is 2.45. The lowest BCUT2D eigenvalue weighted by Gasteiger charge is -2.28. The first-order chi connectivity index (χ1) is 29.9. The molecule has 0 radical (unpaired) electrons. The van der Waals surface area contributed by atoms with E-state index in [1.807, 2.05) is 19.9 Å². The number of carbonyl (C=O) groups excluding carboxylic acids is 1. The van der Waals surface area contributed by atoms with Gasteiger partial charge in [0, 0.05) is 41.2 Å². The van der Waals surface area contributed by atoms with Crippen LogP contribution in [0.2, 0.25) is 5.02 Å². The molecule has 0 bridgehead atoms. The zero-order valence-electron chi connectivity index (χ0n) is 34.6. The summed E-state index contributed by atoms with van der Waals surface area (Å²) < 4.78 is 96.3. The van der Waals surface area contributed by atoms with Crippen molar-refractivity contribution >= 4 is 77.6 Å². The van der Waals surface area contributed by atoms with E-state index in [0.717, 1.165) is 25.7 Å². The maximum Gasteiger partial charge on any atom is 0.290 e. The fraction of sp³-hybridized carbons (Fsp3) is 0.455. The van der Waals surface area contributed by atoms with Gasteiger partial charge in [-0.3, -0.25) is 14.5 Å². The van der Waals surface area contributed by atoms with Crippen LogP contribution in [0.3, 0.4) is 0 Å². The van der Waals surface area contributed by atoms with Crippen LogP contribution >= 0.6 is 32.6 Å². The summed E-state index contributed by atoms with van der Waals surface area (Å²) in [4.78, 5) is 23.0. The predicted octanol–water partition coefficient (Wildman–Crippen LogP) is 8.22. The first-order valence-corrected chi connectivity index (χ1v) is 23.7. The summed E-state index contributed by atoms with van der Waals surface area (Å²) in [6.45, 7) is 5.29. The zero-order chi connectivity index (χ0) is 45.0. The number of pyridine rings is 1. The van der Waals surface area contributed by atoms with Gasteiger partial charge in [-0.1, -0.05) is 36.6 Å². The Kier molecular flexibility index (Phi) is 13.2. The van der Waals surface area contributed by atoms with E-state index in [1.165, 1.54) is 19.1 Å². The van der Waals surface area contributed by atoms with Crippen molar-refractivity contribution in [3.8, 4) is 23.0 Å². The highest BCUT2D eigenvalue weighted by molar-refractivity contribution is 8.01. The van der Waals surface area contributed by atoms with E-state index in [1.54, 1.807) is 40.7 Å². The number of nitrogens with one attached hydrogen (secondary N) is 2. The molecule has 63 heavy (non-hydrogen) atoms. The summed E-state index contributed by atoms with van der Waals surface area (Å²) in [5, 5.41) is 9.71. The molecule has 4 aliphatic rings. The van der Waals surface area contributed by atoms with Crippen molar-refractivity contribution in [3.63, 3.8) is 0 Å². The van der Waals surface area contributed by atoms with Crippen LogP contribution in [0.4, 0.5) is 27.8 Å². The number of nitrogens with two attached hydrogens (primary N) is 1. The van der Waals surface area contributed by atoms with Crippen molar-refractivity contribution < 1.29 is 36.0 Å². The van der Waals surface area contributed by atoms with Gasteiger partial charge in [-0.2, -0.15) is 13.5 Å². The van der Waals surface area contributed by atoms with E-state index < -0.39 is 82.1 Å². The van der Waals surface area contributed by atoms with Gasteiger partial charge in [-0.25, -0.2) is 18.2 Å². The monoisotopic (exact) mass is 945 g/mol. The minimum Gasteiger partial charge on any atom is -0.593 e. The van der Waals surface area contributed by atoms with Crippen LogP contribution in [0.15, 0.2) is 58.7 Å². The number of halogens is 6. The molecule has 8 rings (SSSR count). The first-order valence-electron chi connectivity index (χ1n) is 20.6. The Morgan fingerprint density at radius 3 is 2.56 bits per heavy atom. The molecule has 4 N–H and O–H groups in total. The molecule has 334 valence electrons. The molecule has 4 fully saturated rings. The van der Waals surface area contributed by atoms with Crippen molar-refractivity contribution in [2.45, 2.75) is 99.0 Å². The van der Waals surface area contributed by atoms with E-state index >= 15 is 8.78 Å².